The molecule has 0 bridgehead atoms. The number of aryl methyl sites for hydroxylation is 2. The van der Waals surface area contributed by atoms with Crippen molar-refractivity contribution in [3.63, 3.8) is 0 Å². The lowest BCUT2D eigenvalue weighted by Gasteiger charge is -2.17. The fourth-order valence-electron chi connectivity index (χ4n) is 7.87. The van der Waals surface area contributed by atoms with Crippen molar-refractivity contribution < 1.29 is 8.78 Å². The first kappa shape index (κ1) is 36.1. The summed E-state index contributed by atoms with van der Waals surface area (Å²) >= 11 is 4.29. The standard InChI is InChI=1S/C44H44F2N4S3/c1-5-25(6-2)21-27-13-15-29(31(45)23-27)35-17-19-37(51-35)39-41-42(48-34-12-10-9-11-33(34)47-41)40(44-43(39)49-53-50-44)38-20-18-36(52-38)30-16-14-28(24-32(30)46)22-26(7-3)8-4/h13-20,23-26H,5-12,21-22H2,1-4H3. The molecule has 0 aliphatic heterocycles. The third-order valence-corrected chi connectivity index (χ3v) is 14.0. The largest absolute Gasteiger partial charge is 0.248 e. The van der Waals surface area contributed by atoms with E-state index in [2.05, 4.69) is 52.0 Å². The van der Waals surface area contributed by atoms with Gasteiger partial charge in [-0.25, -0.2) is 18.7 Å². The van der Waals surface area contributed by atoms with Gasteiger partial charge in [0.05, 0.1) is 23.1 Å². The van der Waals surface area contributed by atoms with Gasteiger partial charge in [0.2, 0.25) is 0 Å². The molecule has 4 heterocycles. The average molecular weight is 763 g/mol. The maximum atomic E-state index is 15.7. The van der Waals surface area contributed by atoms with Gasteiger partial charge in [0, 0.05) is 41.8 Å². The van der Waals surface area contributed by atoms with Crippen molar-refractivity contribution in [2.75, 3.05) is 0 Å². The van der Waals surface area contributed by atoms with Gasteiger partial charge in [-0.05, 0) is 97.9 Å². The van der Waals surface area contributed by atoms with Crippen molar-refractivity contribution in [1.29, 1.82) is 0 Å². The molecule has 0 saturated heterocycles. The van der Waals surface area contributed by atoms with Crippen LogP contribution < -0.4 is 0 Å². The van der Waals surface area contributed by atoms with Crippen LogP contribution in [-0.4, -0.2) is 18.7 Å². The van der Waals surface area contributed by atoms with E-state index in [1.54, 1.807) is 34.8 Å². The molecule has 0 radical (unpaired) electrons. The van der Waals surface area contributed by atoms with Crippen LogP contribution in [-0.2, 0) is 25.7 Å². The Labute approximate surface area is 322 Å². The van der Waals surface area contributed by atoms with Gasteiger partial charge >= 0.3 is 0 Å². The number of thiophene rings is 2. The third kappa shape index (κ3) is 6.96. The molecule has 272 valence electrons. The van der Waals surface area contributed by atoms with E-state index in [9.17, 15) is 0 Å². The van der Waals surface area contributed by atoms with Gasteiger partial charge in [-0.2, -0.15) is 8.75 Å². The van der Waals surface area contributed by atoms with E-state index in [0.717, 1.165) is 139 Å². The summed E-state index contributed by atoms with van der Waals surface area (Å²) in [5, 5.41) is 0. The van der Waals surface area contributed by atoms with Crippen LogP contribution in [0.5, 0.6) is 0 Å². The zero-order valence-corrected chi connectivity index (χ0v) is 33.2. The summed E-state index contributed by atoms with van der Waals surface area (Å²) in [6.07, 6.45) is 10.1. The summed E-state index contributed by atoms with van der Waals surface area (Å²) in [6, 6.07) is 19.6. The Kier molecular flexibility index (Phi) is 10.5. The maximum absolute atomic E-state index is 15.7. The van der Waals surface area contributed by atoms with E-state index in [1.807, 2.05) is 24.3 Å². The van der Waals surface area contributed by atoms with Gasteiger partial charge in [-0.3, -0.25) is 0 Å². The van der Waals surface area contributed by atoms with Crippen LogP contribution in [0, 0.1) is 23.5 Å². The molecular formula is C44H44F2N4S3. The maximum Gasteiger partial charge on any atom is 0.132 e. The smallest absolute Gasteiger partial charge is 0.132 e. The number of fused-ring (bicyclic) bond motifs is 3. The Hall–Kier alpha value is -3.92. The van der Waals surface area contributed by atoms with Crippen LogP contribution in [0.15, 0.2) is 60.7 Å². The highest BCUT2D eigenvalue weighted by Gasteiger charge is 2.27. The SMILES string of the molecule is CCC(CC)Cc1ccc(-c2ccc(-c3c4nsnc4c(-c4ccc(-c5ccc(CC(CC)CC)cc5F)s4)c4nc5c(nc34)CCCC5)s2)c(F)c1. The molecule has 4 aromatic heterocycles. The highest BCUT2D eigenvalue weighted by Crippen LogP contribution is 2.48. The molecule has 0 spiro atoms. The second-order valence-electron chi connectivity index (χ2n) is 14.5. The van der Waals surface area contributed by atoms with Crippen LogP contribution in [0.3, 0.4) is 0 Å². The Balaban J connectivity index is 1.23. The summed E-state index contributed by atoms with van der Waals surface area (Å²) < 4.78 is 41.1. The zero-order valence-electron chi connectivity index (χ0n) is 30.8. The van der Waals surface area contributed by atoms with E-state index in [1.165, 1.54) is 11.7 Å². The predicted molar refractivity (Wildman–Crippen MR) is 220 cm³/mol. The summed E-state index contributed by atoms with van der Waals surface area (Å²) in [5.74, 6) is 0.732. The minimum Gasteiger partial charge on any atom is -0.248 e. The molecule has 0 fully saturated rings. The molecule has 0 saturated carbocycles. The molecule has 1 aliphatic carbocycles. The molecule has 4 nitrogen and oxygen atoms in total. The van der Waals surface area contributed by atoms with Gasteiger partial charge in [0.25, 0.3) is 0 Å². The molecule has 0 N–H and O–H groups in total. The molecule has 0 unspecified atom stereocenters. The minimum absolute atomic E-state index is 0.193. The van der Waals surface area contributed by atoms with E-state index < -0.39 is 0 Å². The minimum atomic E-state index is -0.193. The summed E-state index contributed by atoms with van der Waals surface area (Å²) in [6.45, 7) is 8.80. The number of hydrogen-bond acceptors (Lipinski definition) is 7. The first-order valence-corrected chi connectivity index (χ1v) is 21.5. The molecule has 3 aromatic carbocycles. The number of hydrogen-bond donors (Lipinski definition) is 0. The fourth-order valence-corrected chi connectivity index (χ4v) is 10.6. The van der Waals surface area contributed by atoms with Crippen LogP contribution in [0.4, 0.5) is 8.78 Å². The summed E-state index contributed by atoms with van der Waals surface area (Å²) in [7, 11) is 0. The number of nitrogens with zero attached hydrogens (tertiary/aromatic N) is 4. The van der Waals surface area contributed by atoms with Crippen molar-refractivity contribution in [3.8, 4) is 41.8 Å². The lowest BCUT2D eigenvalue weighted by atomic mass is 9.94. The molecule has 0 amide bonds. The lowest BCUT2D eigenvalue weighted by molar-refractivity contribution is 0.489. The van der Waals surface area contributed by atoms with Crippen molar-refractivity contribution in [2.24, 2.45) is 11.8 Å². The quantitative estimate of drug-likeness (QED) is 0.124. The highest BCUT2D eigenvalue weighted by molar-refractivity contribution is 7.19. The van der Waals surface area contributed by atoms with Crippen LogP contribution in [0.25, 0.3) is 63.8 Å². The molecule has 7 aromatic rings. The molecule has 9 heteroatoms. The molecule has 8 rings (SSSR count). The van der Waals surface area contributed by atoms with Crippen molar-refractivity contribution in [2.45, 2.75) is 91.9 Å². The van der Waals surface area contributed by atoms with Gasteiger partial charge < -0.3 is 0 Å². The van der Waals surface area contributed by atoms with Crippen molar-refractivity contribution >= 4 is 56.5 Å². The van der Waals surface area contributed by atoms with E-state index in [-0.39, 0.29) is 11.6 Å². The van der Waals surface area contributed by atoms with Gasteiger partial charge in [0.1, 0.15) is 33.7 Å². The van der Waals surface area contributed by atoms with Crippen molar-refractivity contribution in [1.82, 2.24) is 18.7 Å². The van der Waals surface area contributed by atoms with Crippen LogP contribution in [0.1, 0.15) is 88.7 Å². The number of rotatable bonds is 12. The molecule has 53 heavy (non-hydrogen) atoms. The third-order valence-electron chi connectivity index (χ3n) is 11.2. The van der Waals surface area contributed by atoms with E-state index >= 15 is 8.78 Å². The Bertz CT molecular complexity index is 2250. The lowest BCUT2D eigenvalue weighted by Crippen LogP contribution is -2.09. The second-order valence-corrected chi connectivity index (χ2v) is 17.2. The fraction of sp³-hybridized carbons (Fsp3) is 0.364. The predicted octanol–water partition coefficient (Wildman–Crippen LogP) is 13.5. The molecule has 0 atom stereocenters. The summed E-state index contributed by atoms with van der Waals surface area (Å²) in [4.78, 5) is 14.3. The highest BCUT2D eigenvalue weighted by atomic mass is 32.1. The molecule has 1 aliphatic rings. The topological polar surface area (TPSA) is 51.6 Å². The van der Waals surface area contributed by atoms with Gasteiger partial charge in [0.15, 0.2) is 0 Å². The van der Waals surface area contributed by atoms with E-state index in [4.69, 9.17) is 18.7 Å². The number of aromatic nitrogens is 4. The number of benzene rings is 3. The summed E-state index contributed by atoms with van der Waals surface area (Å²) in [5.41, 5.74) is 10.3. The van der Waals surface area contributed by atoms with Crippen LogP contribution in [0.2, 0.25) is 0 Å². The Morgan fingerprint density at radius 3 is 1.36 bits per heavy atom. The van der Waals surface area contributed by atoms with Gasteiger partial charge in [-0.1, -0.05) is 77.6 Å². The Morgan fingerprint density at radius 1 is 0.547 bits per heavy atom. The zero-order chi connectivity index (χ0) is 36.6. The van der Waals surface area contributed by atoms with Crippen LogP contribution >= 0.6 is 34.4 Å². The van der Waals surface area contributed by atoms with Gasteiger partial charge in [-0.15, -0.1) is 22.7 Å². The number of halogens is 2. The second kappa shape index (κ2) is 15.4. The Morgan fingerprint density at radius 2 is 0.962 bits per heavy atom. The molecular weight excluding hydrogens is 719 g/mol. The van der Waals surface area contributed by atoms with E-state index in [0.29, 0.717) is 23.0 Å². The first-order valence-electron chi connectivity index (χ1n) is 19.1. The normalized spacial score (nSPS) is 13.2. The van der Waals surface area contributed by atoms with Crippen molar-refractivity contribution in [3.05, 3.63) is 94.8 Å². The first-order chi connectivity index (χ1) is 25.9. The average Bonchev–Trinajstić information content (AvgIpc) is 3.97. The monoisotopic (exact) mass is 762 g/mol.